The molecule has 0 atom stereocenters. The Labute approximate surface area is 183 Å². The Balaban J connectivity index is 1.65. The lowest BCUT2D eigenvalue weighted by atomic mass is 10.1. The summed E-state index contributed by atoms with van der Waals surface area (Å²) in [5, 5.41) is 25.8. The van der Waals surface area contributed by atoms with E-state index in [4.69, 9.17) is 16.3 Å². The first-order valence-electron chi connectivity index (χ1n) is 8.98. The van der Waals surface area contributed by atoms with Crippen molar-refractivity contribution < 1.29 is 19.4 Å². The first-order chi connectivity index (χ1) is 15.3. The van der Waals surface area contributed by atoms with Crippen LogP contribution in [0, 0.1) is 20.2 Å². The lowest BCUT2D eigenvalue weighted by molar-refractivity contribution is -0.392. The quantitative estimate of drug-likeness (QED) is 0.306. The number of H-pyrrole nitrogens is 1. The highest BCUT2D eigenvalue weighted by Crippen LogP contribution is 2.37. The maximum Gasteiger partial charge on any atom is 0.417 e. The van der Waals surface area contributed by atoms with Crippen LogP contribution in [-0.4, -0.2) is 25.9 Å². The van der Waals surface area contributed by atoms with Gasteiger partial charge in [-0.25, -0.2) is 9.78 Å². The molecule has 0 aliphatic carbocycles. The van der Waals surface area contributed by atoms with E-state index in [0.717, 1.165) is 12.1 Å². The molecule has 0 aliphatic heterocycles. The first kappa shape index (κ1) is 20.8. The highest BCUT2D eigenvalue weighted by molar-refractivity contribution is 6.30. The summed E-state index contributed by atoms with van der Waals surface area (Å²) in [7, 11) is 0. The second kappa shape index (κ2) is 8.32. The van der Waals surface area contributed by atoms with Gasteiger partial charge in [0.25, 0.3) is 11.4 Å². The number of fused-ring (bicyclic) bond motifs is 1. The summed E-state index contributed by atoms with van der Waals surface area (Å²) in [4.78, 5) is 40.6. The molecule has 0 spiro atoms. The van der Waals surface area contributed by atoms with Crippen LogP contribution in [0.5, 0.6) is 5.75 Å². The van der Waals surface area contributed by atoms with E-state index < -0.39 is 27.3 Å². The van der Waals surface area contributed by atoms with Gasteiger partial charge < -0.3 is 9.72 Å². The fourth-order valence-electron chi connectivity index (χ4n) is 3.06. The second-order valence-electron chi connectivity index (χ2n) is 6.47. The number of nitrogens with one attached hydrogen (secondary N) is 2. The number of halogens is 1. The van der Waals surface area contributed by atoms with Gasteiger partial charge in [-0.3, -0.25) is 25.5 Å². The average Bonchev–Trinajstić information content (AvgIpc) is 3.16. The van der Waals surface area contributed by atoms with Crippen LogP contribution < -0.4 is 10.1 Å². The van der Waals surface area contributed by atoms with Gasteiger partial charge in [0.05, 0.1) is 20.9 Å². The zero-order valence-electron chi connectivity index (χ0n) is 15.9. The van der Waals surface area contributed by atoms with Crippen LogP contribution in [-0.2, 0) is 0 Å². The van der Waals surface area contributed by atoms with Crippen molar-refractivity contribution in [2.75, 3.05) is 5.32 Å². The Bertz CT molecular complexity index is 1350. The number of ether oxygens (including phenoxy) is 1. The van der Waals surface area contributed by atoms with E-state index in [1.165, 1.54) is 24.3 Å². The Morgan fingerprint density at radius 3 is 2.34 bits per heavy atom. The first-order valence-corrected chi connectivity index (χ1v) is 9.36. The number of aromatic nitrogens is 2. The predicted octanol–water partition coefficient (Wildman–Crippen LogP) is 5.31. The van der Waals surface area contributed by atoms with Crippen molar-refractivity contribution >= 4 is 45.8 Å². The van der Waals surface area contributed by atoms with Crippen LogP contribution in [0.2, 0.25) is 5.02 Å². The van der Waals surface area contributed by atoms with Gasteiger partial charge in [-0.15, -0.1) is 0 Å². The molecule has 12 heteroatoms. The standard InChI is InChI=1S/C20H12ClN5O6/c21-11-3-1-4-12(9-11)22-20(27)32-13-7-8-14-15(10-13)24-19(23-14)18-16(25(28)29)5-2-6-17(18)26(30)31/h1-10H,(H,22,27)(H,23,24). The van der Waals surface area contributed by atoms with Crippen LogP contribution >= 0.6 is 11.6 Å². The minimum absolute atomic E-state index is 0.0560. The third-order valence-corrected chi connectivity index (χ3v) is 4.62. The van der Waals surface area contributed by atoms with Gasteiger partial charge in [-0.1, -0.05) is 17.7 Å². The van der Waals surface area contributed by atoms with E-state index in [0.29, 0.717) is 21.7 Å². The zero-order chi connectivity index (χ0) is 22.8. The van der Waals surface area contributed by atoms with Crippen molar-refractivity contribution in [3.63, 3.8) is 0 Å². The molecule has 0 bridgehead atoms. The van der Waals surface area contributed by atoms with Gasteiger partial charge in [-0.2, -0.15) is 0 Å². The number of nitro benzene ring substituents is 2. The van der Waals surface area contributed by atoms with E-state index in [-0.39, 0.29) is 17.1 Å². The van der Waals surface area contributed by atoms with Gasteiger partial charge in [0, 0.05) is 28.9 Å². The summed E-state index contributed by atoms with van der Waals surface area (Å²) < 4.78 is 5.25. The van der Waals surface area contributed by atoms with Crippen LogP contribution in [0.1, 0.15) is 0 Å². The summed E-state index contributed by atoms with van der Waals surface area (Å²) in [6, 6.07) is 14.5. The van der Waals surface area contributed by atoms with E-state index >= 15 is 0 Å². The number of hydrogen-bond donors (Lipinski definition) is 2. The van der Waals surface area contributed by atoms with Crippen molar-refractivity contribution in [3.8, 4) is 17.1 Å². The third-order valence-electron chi connectivity index (χ3n) is 4.39. The fraction of sp³-hybridized carbons (Fsp3) is 0. The maximum atomic E-state index is 12.1. The van der Waals surface area contributed by atoms with E-state index in [1.807, 2.05) is 0 Å². The predicted molar refractivity (Wildman–Crippen MR) is 116 cm³/mol. The molecular weight excluding hydrogens is 442 g/mol. The number of aromatic amines is 1. The molecule has 4 rings (SSSR count). The normalized spacial score (nSPS) is 10.7. The Morgan fingerprint density at radius 1 is 1.00 bits per heavy atom. The average molecular weight is 454 g/mol. The van der Waals surface area contributed by atoms with Crippen LogP contribution in [0.4, 0.5) is 21.9 Å². The van der Waals surface area contributed by atoms with Gasteiger partial charge >= 0.3 is 6.09 Å². The molecule has 3 aromatic carbocycles. The zero-order valence-corrected chi connectivity index (χ0v) is 16.7. The number of hydrogen-bond acceptors (Lipinski definition) is 7. The Hall–Kier alpha value is -4.51. The molecule has 0 saturated carbocycles. The summed E-state index contributed by atoms with van der Waals surface area (Å²) in [6.07, 6.45) is -0.763. The summed E-state index contributed by atoms with van der Waals surface area (Å²) >= 11 is 5.88. The van der Waals surface area contributed by atoms with Crippen molar-refractivity contribution in [1.29, 1.82) is 0 Å². The number of rotatable bonds is 5. The maximum absolute atomic E-state index is 12.1. The van der Waals surface area contributed by atoms with E-state index in [2.05, 4.69) is 15.3 Å². The molecule has 0 fully saturated rings. The van der Waals surface area contributed by atoms with Crippen molar-refractivity contribution in [2.24, 2.45) is 0 Å². The third kappa shape index (κ3) is 4.18. The van der Waals surface area contributed by atoms with Gasteiger partial charge in [0.2, 0.25) is 0 Å². The Kier molecular flexibility index (Phi) is 5.39. The molecule has 0 unspecified atom stereocenters. The number of anilines is 1. The molecular formula is C20H12ClN5O6. The van der Waals surface area contributed by atoms with Crippen molar-refractivity contribution in [1.82, 2.24) is 9.97 Å². The lowest BCUT2D eigenvalue weighted by Gasteiger charge is -2.06. The largest absolute Gasteiger partial charge is 0.417 e. The highest BCUT2D eigenvalue weighted by atomic mass is 35.5. The number of imidazole rings is 1. The van der Waals surface area contributed by atoms with E-state index in [1.54, 1.807) is 24.3 Å². The number of carbonyl (C=O) groups is 1. The Morgan fingerprint density at radius 2 is 1.69 bits per heavy atom. The molecule has 11 nitrogen and oxygen atoms in total. The minimum atomic E-state index is -0.763. The highest BCUT2D eigenvalue weighted by Gasteiger charge is 2.28. The second-order valence-corrected chi connectivity index (χ2v) is 6.91. The molecule has 0 aliphatic rings. The molecule has 1 aromatic heterocycles. The number of benzene rings is 3. The van der Waals surface area contributed by atoms with Gasteiger partial charge in [0.15, 0.2) is 11.4 Å². The monoisotopic (exact) mass is 453 g/mol. The van der Waals surface area contributed by atoms with Gasteiger partial charge in [-0.05, 0) is 36.4 Å². The summed E-state index contributed by atoms with van der Waals surface area (Å²) in [6.45, 7) is 0. The molecule has 1 amide bonds. The fourth-order valence-corrected chi connectivity index (χ4v) is 3.25. The van der Waals surface area contributed by atoms with Crippen LogP contribution in [0.25, 0.3) is 22.4 Å². The van der Waals surface area contributed by atoms with Crippen LogP contribution in [0.15, 0.2) is 60.7 Å². The molecule has 0 saturated heterocycles. The molecule has 2 N–H and O–H groups in total. The number of amides is 1. The summed E-state index contributed by atoms with van der Waals surface area (Å²) in [5.74, 6) is 0.101. The number of carbonyl (C=O) groups excluding carboxylic acids is 1. The van der Waals surface area contributed by atoms with Crippen molar-refractivity contribution in [2.45, 2.75) is 0 Å². The topological polar surface area (TPSA) is 153 Å². The van der Waals surface area contributed by atoms with E-state index in [9.17, 15) is 25.0 Å². The number of nitrogens with zero attached hydrogens (tertiary/aromatic N) is 3. The molecule has 0 radical (unpaired) electrons. The smallest absolute Gasteiger partial charge is 0.410 e. The molecule has 160 valence electrons. The molecule has 1 heterocycles. The van der Waals surface area contributed by atoms with Crippen LogP contribution in [0.3, 0.4) is 0 Å². The summed E-state index contributed by atoms with van der Waals surface area (Å²) in [5.41, 5.74) is -0.00206. The minimum Gasteiger partial charge on any atom is -0.410 e. The molecule has 32 heavy (non-hydrogen) atoms. The lowest BCUT2D eigenvalue weighted by Crippen LogP contribution is -2.16. The van der Waals surface area contributed by atoms with Crippen molar-refractivity contribution in [3.05, 3.63) is 85.9 Å². The molecule has 4 aromatic rings. The SMILES string of the molecule is O=C(Nc1cccc(Cl)c1)Oc1ccc2nc(-c3c([N+](=O)[O-])cccc3[N+](=O)[O-])[nH]c2c1. The number of nitro groups is 2. The van der Waals surface area contributed by atoms with Gasteiger partial charge in [0.1, 0.15) is 5.75 Å².